The number of carboxylic acid groups (broad SMARTS) is 2. The molecule has 0 aliphatic heterocycles. The van der Waals surface area contributed by atoms with Gasteiger partial charge >= 0.3 is 17.9 Å². The fourth-order valence-electron chi connectivity index (χ4n) is 4.16. The molecule has 0 saturated heterocycles. The van der Waals surface area contributed by atoms with Gasteiger partial charge in [0.25, 0.3) is 0 Å². The van der Waals surface area contributed by atoms with Gasteiger partial charge in [0.1, 0.15) is 0 Å². The van der Waals surface area contributed by atoms with E-state index < -0.39 is 29.7 Å². The van der Waals surface area contributed by atoms with Crippen LogP contribution < -0.4 is 0 Å². The summed E-state index contributed by atoms with van der Waals surface area (Å²) in [4.78, 5) is 34.3. The third-order valence-corrected chi connectivity index (χ3v) is 5.29. The molecule has 2 N–H and O–H groups in total. The van der Waals surface area contributed by atoms with E-state index in [4.69, 9.17) is 4.74 Å². The van der Waals surface area contributed by atoms with Crippen LogP contribution in [0, 0.1) is 29.6 Å². The summed E-state index contributed by atoms with van der Waals surface area (Å²) in [6, 6.07) is 0. The first-order valence-corrected chi connectivity index (χ1v) is 8.09. The van der Waals surface area contributed by atoms with Gasteiger partial charge in [-0.15, -0.1) is 0 Å². The molecule has 0 aromatic carbocycles. The number of carboxylic acids is 2. The van der Waals surface area contributed by atoms with E-state index in [0.717, 1.165) is 19.3 Å². The Balaban J connectivity index is 1.98. The molecule has 5 atom stereocenters. The minimum absolute atomic E-state index is 0.0876. The first kappa shape index (κ1) is 17.5. The molecule has 0 heterocycles. The Hall–Kier alpha value is -1.85. The molecule has 2 aliphatic rings. The molecule has 0 spiro atoms. The SMILES string of the molecule is C=C(C)C(=O)OCC1CCC2C(CCC(C(=O)O)C2C(=O)O)C1. The summed E-state index contributed by atoms with van der Waals surface area (Å²) in [6.45, 7) is 5.47. The summed E-state index contributed by atoms with van der Waals surface area (Å²) < 4.78 is 5.21. The number of hydrogen-bond acceptors (Lipinski definition) is 4. The van der Waals surface area contributed by atoms with Gasteiger partial charge in [-0.25, -0.2) is 4.79 Å². The van der Waals surface area contributed by atoms with E-state index in [-0.39, 0.29) is 17.8 Å². The summed E-state index contributed by atoms with van der Waals surface area (Å²) >= 11 is 0. The summed E-state index contributed by atoms with van der Waals surface area (Å²) in [7, 11) is 0. The maximum Gasteiger partial charge on any atom is 0.333 e. The van der Waals surface area contributed by atoms with E-state index in [2.05, 4.69) is 6.58 Å². The number of carbonyl (C=O) groups excluding carboxylic acids is 1. The van der Waals surface area contributed by atoms with Crippen LogP contribution in [-0.2, 0) is 19.1 Å². The fourth-order valence-corrected chi connectivity index (χ4v) is 4.16. The Bertz CT molecular complexity index is 511. The van der Waals surface area contributed by atoms with E-state index in [9.17, 15) is 24.6 Å². The summed E-state index contributed by atoms with van der Waals surface area (Å²) in [5, 5.41) is 18.7. The van der Waals surface area contributed by atoms with Crippen molar-refractivity contribution < 1.29 is 29.3 Å². The van der Waals surface area contributed by atoms with Crippen molar-refractivity contribution in [2.24, 2.45) is 29.6 Å². The van der Waals surface area contributed by atoms with Crippen molar-refractivity contribution in [3.05, 3.63) is 12.2 Å². The zero-order valence-electron chi connectivity index (χ0n) is 13.4. The standard InChI is InChI=1S/C17H24O6/c1-9(2)17(22)23-8-10-3-5-12-11(7-10)4-6-13(15(18)19)14(12)16(20)21/h10-14H,1,3-8H2,2H3,(H,18,19)(H,20,21). The van der Waals surface area contributed by atoms with E-state index in [1.54, 1.807) is 6.92 Å². The van der Waals surface area contributed by atoms with Gasteiger partial charge in [0.05, 0.1) is 18.4 Å². The summed E-state index contributed by atoms with van der Waals surface area (Å²) in [5.74, 6) is -3.66. The van der Waals surface area contributed by atoms with Crippen LogP contribution in [0.3, 0.4) is 0 Å². The van der Waals surface area contributed by atoms with E-state index >= 15 is 0 Å². The predicted molar refractivity (Wildman–Crippen MR) is 81.6 cm³/mol. The molecular formula is C17H24O6. The second-order valence-electron chi connectivity index (χ2n) is 6.87. The minimum Gasteiger partial charge on any atom is -0.481 e. The van der Waals surface area contributed by atoms with Crippen molar-refractivity contribution in [2.75, 3.05) is 6.61 Å². The van der Waals surface area contributed by atoms with E-state index in [0.29, 0.717) is 25.0 Å². The Kier molecular flexibility index (Phi) is 5.44. The second-order valence-corrected chi connectivity index (χ2v) is 6.87. The molecule has 6 nitrogen and oxygen atoms in total. The normalized spacial score (nSPS) is 33.3. The molecule has 5 unspecified atom stereocenters. The maximum absolute atomic E-state index is 11.6. The molecule has 6 heteroatoms. The number of aliphatic carboxylic acids is 2. The van der Waals surface area contributed by atoms with Crippen LogP contribution in [0.1, 0.15) is 39.0 Å². The zero-order valence-corrected chi connectivity index (χ0v) is 13.4. The third-order valence-electron chi connectivity index (χ3n) is 5.29. The largest absolute Gasteiger partial charge is 0.481 e. The van der Waals surface area contributed by atoms with Crippen LogP contribution in [0.25, 0.3) is 0 Å². The quantitative estimate of drug-likeness (QED) is 0.594. The highest BCUT2D eigenvalue weighted by molar-refractivity contribution is 5.86. The third kappa shape index (κ3) is 3.92. The summed E-state index contributed by atoms with van der Waals surface area (Å²) in [6.07, 6.45) is 3.38. The van der Waals surface area contributed by atoms with Crippen LogP contribution in [-0.4, -0.2) is 34.7 Å². The van der Waals surface area contributed by atoms with Gasteiger partial charge in [0.2, 0.25) is 0 Å². The molecule has 0 aromatic heterocycles. The Morgan fingerprint density at radius 1 is 1.09 bits per heavy atom. The van der Waals surface area contributed by atoms with Crippen molar-refractivity contribution in [1.82, 2.24) is 0 Å². The molecule has 2 saturated carbocycles. The van der Waals surface area contributed by atoms with Gasteiger partial charge in [-0.2, -0.15) is 0 Å². The van der Waals surface area contributed by atoms with Crippen LogP contribution in [0.2, 0.25) is 0 Å². The maximum atomic E-state index is 11.6. The number of ether oxygens (including phenoxy) is 1. The lowest BCUT2D eigenvalue weighted by Crippen LogP contribution is -2.45. The van der Waals surface area contributed by atoms with Crippen molar-refractivity contribution in [2.45, 2.75) is 39.0 Å². The number of carbonyl (C=O) groups is 3. The highest BCUT2D eigenvalue weighted by Gasteiger charge is 2.48. The molecule has 0 amide bonds. The van der Waals surface area contributed by atoms with Gasteiger partial charge in [0, 0.05) is 5.57 Å². The fraction of sp³-hybridized carbons (Fsp3) is 0.706. The molecule has 128 valence electrons. The van der Waals surface area contributed by atoms with Gasteiger partial charge < -0.3 is 14.9 Å². The second kappa shape index (κ2) is 7.15. The average Bonchev–Trinajstić information content (AvgIpc) is 2.50. The topological polar surface area (TPSA) is 101 Å². The number of fused-ring (bicyclic) bond motifs is 1. The first-order valence-electron chi connectivity index (χ1n) is 8.09. The van der Waals surface area contributed by atoms with Crippen LogP contribution in [0.5, 0.6) is 0 Å². The highest BCUT2D eigenvalue weighted by atomic mass is 16.5. The number of rotatable bonds is 5. The smallest absolute Gasteiger partial charge is 0.333 e. The first-order chi connectivity index (χ1) is 10.8. The number of hydrogen-bond donors (Lipinski definition) is 2. The van der Waals surface area contributed by atoms with E-state index in [1.165, 1.54) is 0 Å². The van der Waals surface area contributed by atoms with Crippen molar-refractivity contribution >= 4 is 17.9 Å². The van der Waals surface area contributed by atoms with Gasteiger partial charge in [-0.1, -0.05) is 6.58 Å². The van der Waals surface area contributed by atoms with E-state index in [1.807, 2.05) is 0 Å². The Morgan fingerprint density at radius 3 is 2.35 bits per heavy atom. The molecule has 0 aromatic rings. The average molecular weight is 324 g/mol. The Labute approximate surface area is 135 Å². The minimum atomic E-state index is -1.01. The van der Waals surface area contributed by atoms with Crippen molar-refractivity contribution in [3.63, 3.8) is 0 Å². The van der Waals surface area contributed by atoms with Crippen molar-refractivity contribution in [3.8, 4) is 0 Å². The van der Waals surface area contributed by atoms with Gasteiger partial charge in [-0.3, -0.25) is 9.59 Å². The molecule has 2 fully saturated rings. The molecular weight excluding hydrogens is 300 g/mol. The molecule has 2 rings (SSSR count). The number of esters is 1. The van der Waals surface area contributed by atoms with Crippen molar-refractivity contribution in [1.29, 1.82) is 0 Å². The van der Waals surface area contributed by atoms with Crippen LogP contribution >= 0.6 is 0 Å². The Morgan fingerprint density at radius 2 is 1.78 bits per heavy atom. The molecule has 2 aliphatic carbocycles. The molecule has 0 radical (unpaired) electrons. The van der Waals surface area contributed by atoms with Crippen LogP contribution in [0.4, 0.5) is 0 Å². The lowest BCUT2D eigenvalue weighted by atomic mass is 9.60. The summed E-state index contributed by atoms with van der Waals surface area (Å²) in [5.41, 5.74) is 0.367. The highest BCUT2D eigenvalue weighted by Crippen LogP contribution is 2.48. The van der Waals surface area contributed by atoms with Gasteiger partial charge in [-0.05, 0) is 56.8 Å². The molecule has 0 bridgehead atoms. The molecule has 23 heavy (non-hydrogen) atoms. The zero-order chi connectivity index (χ0) is 17.1. The van der Waals surface area contributed by atoms with Crippen LogP contribution in [0.15, 0.2) is 12.2 Å². The lowest BCUT2D eigenvalue weighted by Gasteiger charge is -2.44. The lowest BCUT2D eigenvalue weighted by molar-refractivity contribution is -0.162. The predicted octanol–water partition coefficient (Wildman–Crippen LogP) is 2.33. The van der Waals surface area contributed by atoms with Gasteiger partial charge in [0.15, 0.2) is 0 Å². The monoisotopic (exact) mass is 324 g/mol.